The number of carbonyl (C=O) groups is 1. The van der Waals surface area contributed by atoms with Crippen LogP contribution in [0.4, 0.5) is 0 Å². The lowest BCUT2D eigenvalue weighted by Crippen LogP contribution is -2.32. The van der Waals surface area contributed by atoms with Crippen molar-refractivity contribution in [2.45, 2.75) is 17.7 Å². The molecule has 116 valence electrons. The van der Waals surface area contributed by atoms with Gasteiger partial charge in [0.25, 0.3) is 0 Å². The van der Waals surface area contributed by atoms with E-state index in [1.807, 2.05) is 18.2 Å². The van der Waals surface area contributed by atoms with E-state index >= 15 is 0 Å². The number of benzene rings is 1. The zero-order chi connectivity index (χ0) is 15.5. The van der Waals surface area contributed by atoms with Gasteiger partial charge in [0, 0.05) is 31.4 Å². The van der Waals surface area contributed by atoms with Gasteiger partial charge in [0.1, 0.15) is 11.0 Å². The Morgan fingerprint density at radius 2 is 1.90 bits per heavy atom. The number of allylic oxidation sites excluding steroid dienone is 1. The molecule has 0 aliphatic heterocycles. The fourth-order valence-electron chi connectivity index (χ4n) is 1.50. The SMILES string of the molecule is NN/C=C(\N)CCC(=O)NCCNS(=O)c1ccccc1. The van der Waals surface area contributed by atoms with Crippen molar-refractivity contribution >= 4 is 16.9 Å². The molecule has 7 N–H and O–H groups in total. The third-order valence-corrected chi connectivity index (χ3v) is 3.71. The van der Waals surface area contributed by atoms with E-state index in [2.05, 4.69) is 15.5 Å². The molecule has 1 unspecified atom stereocenters. The third kappa shape index (κ3) is 7.45. The summed E-state index contributed by atoms with van der Waals surface area (Å²) in [6, 6.07) is 9.07. The molecule has 8 heteroatoms. The van der Waals surface area contributed by atoms with Crippen LogP contribution in [0.25, 0.3) is 0 Å². The summed E-state index contributed by atoms with van der Waals surface area (Å²) in [4.78, 5) is 12.2. The van der Waals surface area contributed by atoms with Crippen molar-refractivity contribution < 1.29 is 9.00 Å². The van der Waals surface area contributed by atoms with Crippen LogP contribution in [0, 0.1) is 0 Å². The van der Waals surface area contributed by atoms with Crippen molar-refractivity contribution in [3.05, 3.63) is 42.2 Å². The molecular formula is C13H21N5O2S. The van der Waals surface area contributed by atoms with Gasteiger partial charge in [-0.25, -0.2) is 8.93 Å². The summed E-state index contributed by atoms with van der Waals surface area (Å²) in [7, 11) is -1.26. The predicted octanol–water partition coefficient (Wildman–Crippen LogP) is -0.541. The van der Waals surface area contributed by atoms with Gasteiger partial charge >= 0.3 is 0 Å². The second-order valence-electron chi connectivity index (χ2n) is 4.21. The van der Waals surface area contributed by atoms with Crippen LogP contribution < -0.4 is 27.0 Å². The second-order valence-corrected chi connectivity index (χ2v) is 5.51. The maximum atomic E-state index is 11.8. The van der Waals surface area contributed by atoms with Gasteiger partial charge in [0.05, 0.1) is 4.90 Å². The summed E-state index contributed by atoms with van der Waals surface area (Å²) in [5.74, 6) is 4.95. The molecule has 0 aliphatic carbocycles. The van der Waals surface area contributed by atoms with E-state index in [0.717, 1.165) is 0 Å². The highest BCUT2D eigenvalue weighted by molar-refractivity contribution is 7.83. The van der Waals surface area contributed by atoms with E-state index in [-0.39, 0.29) is 12.3 Å². The first-order valence-electron chi connectivity index (χ1n) is 6.51. The number of hydrogen-bond acceptors (Lipinski definition) is 5. The first-order valence-corrected chi connectivity index (χ1v) is 7.66. The molecule has 0 radical (unpaired) electrons. The quantitative estimate of drug-likeness (QED) is 0.238. The van der Waals surface area contributed by atoms with Crippen molar-refractivity contribution in [2.75, 3.05) is 13.1 Å². The fourth-order valence-corrected chi connectivity index (χ4v) is 2.36. The van der Waals surface area contributed by atoms with E-state index < -0.39 is 11.0 Å². The molecular weight excluding hydrogens is 290 g/mol. The lowest BCUT2D eigenvalue weighted by atomic mass is 10.2. The first-order chi connectivity index (χ1) is 10.1. The Morgan fingerprint density at radius 1 is 1.19 bits per heavy atom. The van der Waals surface area contributed by atoms with Gasteiger partial charge in [-0.15, -0.1) is 0 Å². The highest BCUT2D eigenvalue weighted by Crippen LogP contribution is 2.02. The second kappa shape index (κ2) is 9.92. The summed E-state index contributed by atoms with van der Waals surface area (Å²) in [6.45, 7) is 0.819. The van der Waals surface area contributed by atoms with Crippen molar-refractivity contribution in [1.29, 1.82) is 0 Å². The van der Waals surface area contributed by atoms with E-state index in [1.165, 1.54) is 6.20 Å². The number of hydrazine groups is 1. The minimum absolute atomic E-state index is 0.115. The van der Waals surface area contributed by atoms with Crippen LogP contribution in [0.15, 0.2) is 47.1 Å². The van der Waals surface area contributed by atoms with Crippen LogP contribution in [0.5, 0.6) is 0 Å². The third-order valence-electron chi connectivity index (χ3n) is 2.55. The van der Waals surface area contributed by atoms with Crippen LogP contribution >= 0.6 is 0 Å². The number of carbonyl (C=O) groups excluding carboxylic acids is 1. The van der Waals surface area contributed by atoms with Gasteiger partial charge in [-0.1, -0.05) is 18.2 Å². The molecule has 0 saturated heterocycles. The lowest BCUT2D eigenvalue weighted by Gasteiger charge is -2.07. The number of rotatable bonds is 9. The minimum atomic E-state index is -1.26. The Hall–Kier alpha value is -1.90. The van der Waals surface area contributed by atoms with Gasteiger partial charge in [-0.2, -0.15) is 0 Å². The van der Waals surface area contributed by atoms with Crippen LogP contribution in [0.2, 0.25) is 0 Å². The normalized spacial score (nSPS) is 12.7. The van der Waals surface area contributed by atoms with Gasteiger partial charge in [-0.3, -0.25) is 10.6 Å². The lowest BCUT2D eigenvalue weighted by molar-refractivity contribution is -0.121. The molecule has 0 aromatic heterocycles. The summed E-state index contributed by atoms with van der Waals surface area (Å²) in [5.41, 5.74) is 8.40. The minimum Gasteiger partial charge on any atom is -0.401 e. The molecule has 1 rings (SSSR count). The van der Waals surface area contributed by atoms with Gasteiger partial charge in [0.2, 0.25) is 5.91 Å². The molecule has 0 fully saturated rings. The van der Waals surface area contributed by atoms with E-state index in [9.17, 15) is 9.00 Å². The number of amides is 1. The van der Waals surface area contributed by atoms with E-state index in [4.69, 9.17) is 11.6 Å². The molecule has 1 aromatic rings. The zero-order valence-corrected chi connectivity index (χ0v) is 12.5. The average molecular weight is 311 g/mol. The Balaban J connectivity index is 2.15. The Bertz CT molecular complexity index is 493. The molecule has 1 atom stereocenters. The topological polar surface area (TPSA) is 122 Å². The Labute approximate surface area is 126 Å². The number of nitrogens with two attached hydrogens (primary N) is 2. The van der Waals surface area contributed by atoms with E-state index in [1.54, 1.807) is 12.1 Å². The predicted molar refractivity (Wildman–Crippen MR) is 82.7 cm³/mol. The van der Waals surface area contributed by atoms with Crippen molar-refractivity contribution in [2.24, 2.45) is 11.6 Å². The Morgan fingerprint density at radius 3 is 2.57 bits per heavy atom. The summed E-state index contributed by atoms with van der Waals surface area (Å²) < 4.78 is 14.7. The fraction of sp³-hybridized carbons (Fsp3) is 0.308. The highest BCUT2D eigenvalue weighted by Gasteiger charge is 2.04. The Kier molecular flexibility index (Phi) is 8.10. The average Bonchev–Trinajstić information content (AvgIpc) is 2.50. The maximum Gasteiger partial charge on any atom is 0.220 e. The van der Waals surface area contributed by atoms with Gasteiger partial charge in [0.15, 0.2) is 0 Å². The molecule has 0 spiro atoms. The largest absolute Gasteiger partial charge is 0.401 e. The highest BCUT2D eigenvalue weighted by atomic mass is 32.2. The molecule has 1 amide bonds. The monoisotopic (exact) mass is 311 g/mol. The van der Waals surface area contributed by atoms with Crippen LogP contribution in [-0.4, -0.2) is 23.2 Å². The molecule has 0 bridgehead atoms. The molecule has 1 aromatic carbocycles. The van der Waals surface area contributed by atoms with Crippen LogP contribution in [-0.2, 0) is 15.8 Å². The molecule has 0 aliphatic rings. The first kappa shape index (κ1) is 17.2. The smallest absolute Gasteiger partial charge is 0.220 e. The number of nitrogens with one attached hydrogen (secondary N) is 3. The van der Waals surface area contributed by atoms with Crippen LogP contribution in [0.1, 0.15) is 12.8 Å². The molecule has 0 heterocycles. The van der Waals surface area contributed by atoms with Crippen LogP contribution in [0.3, 0.4) is 0 Å². The number of hydrogen-bond donors (Lipinski definition) is 5. The summed E-state index contributed by atoms with van der Waals surface area (Å²) >= 11 is 0. The molecule has 21 heavy (non-hydrogen) atoms. The van der Waals surface area contributed by atoms with Gasteiger partial charge in [-0.05, 0) is 18.6 Å². The molecule has 0 saturated carbocycles. The van der Waals surface area contributed by atoms with Crippen molar-refractivity contribution in [1.82, 2.24) is 15.5 Å². The van der Waals surface area contributed by atoms with Crippen molar-refractivity contribution in [3.63, 3.8) is 0 Å². The van der Waals surface area contributed by atoms with E-state index in [0.29, 0.717) is 30.1 Å². The van der Waals surface area contributed by atoms with Gasteiger partial charge < -0.3 is 16.5 Å². The molecule has 7 nitrogen and oxygen atoms in total. The summed E-state index contributed by atoms with van der Waals surface area (Å²) in [5, 5.41) is 2.72. The van der Waals surface area contributed by atoms with Crippen molar-refractivity contribution in [3.8, 4) is 0 Å². The maximum absolute atomic E-state index is 11.8. The standard InChI is InChI=1S/C13H21N5O2S/c14-11(10-17-15)6-7-13(19)16-8-9-18-21(20)12-4-2-1-3-5-12/h1-5,10,17-18H,6-9,14-15H2,(H,16,19)/b11-10-. The zero-order valence-electron chi connectivity index (χ0n) is 11.7. The summed E-state index contributed by atoms with van der Waals surface area (Å²) in [6.07, 6.45) is 2.16.